The molecule has 0 bridgehead atoms. The van der Waals surface area contributed by atoms with Crippen LogP contribution in [-0.4, -0.2) is 48.5 Å². The highest BCUT2D eigenvalue weighted by Gasteiger charge is 2.21. The summed E-state index contributed by atoms with van der Waals surface area (Å²) in [5.41, 5.74) is 0.744. The highest BCUT2D eigenvalue weighted by Crippen LogP contribution is 2.35. The van der Waals surface area contributed by atoms with Crippen LogP contribution < -0.4 is 14.8 Å². The topological polar surface area (TPSA) is 87.4 Å². The van der Waals surface area contributed by atoms with Crippen molar-refractivity contribution in [2.45, 2.75) is 12.5 Å². The van der Waals surface area contributed by atoms with Gasteiger partial charge in [0.2, 0.25) is 0 Å². The van der Waals surface area contributed by atoms with Gasteiger partial charge in [-0.2, -0.15) is 17.0 Å². The number of aliphatic hydroxyl groups is 1. The highest BCUT2D eigenvalue weighted by molar-refractivity contribution is 7.98. The van der Waals surface area contributed by atoms with Crippen LogP contribution in [-0.2, 0) is 0 Å². The van der Waals surface area contributed by atoms with Crippen LogP contribution in [0.3, 0.4) is 0 Å². The van der Waals surface area contributed by atoms with Gasteiger partial charge in [-0.25, -0.2) is 0 Å². The zero-order chi connectivity index (χ0) is 17.7. The lowest BCUT2D eigenvalue weighted by Gasteiger charge is -2.24. The van der Waals surface area contributed by atoms with E-state index < -0.39 is 5.60 Å². The first-order valence-electron chi connectivity index (χ1n) is 7.35. The lowest BCUT2D eigenvalue weighted by Crippen LogP contribution is -2.36. The monoisotopic (exact) mass is 347 g/mol. The van der Waals surface area contributed by atoms with Crippen LogP contribution in [0.15, 0.2) is 18.3 Å². The second kappa shape index (κ2) is 7.60. The van der Waals surface area contributed by atoms with Crippen molar-refractivity contribution < 1.29 is 14.6 Å². The van der Waals surface area contributed by atoms with Crippen molar-refractivity contribution >= 4 is 28.4 Å². The second-order valence-electron chi connectivity index (χ2n) is 5.67. The zero-order valence-corrected chi connectivity index (χ0v) is 15.0. The number of aromatic nitrogens is 1. The summed E-state index contributed by atoms with van der Waals surface area (Å²) in [7, 11) is 3.13. The van der Waals surface area contributed by atoms with Gasteiger partial charge in [0.25, 0.3) is 0 Å². The van der Waals surface area contributed by atoms with Crippen molar-refractivity contribution in [3.8, 4) is 17.6 Å². The molecule has 24 heavy (non-hydrogen) atoms. The smallest absolute Gasteiger partial charge is 0.148 e. The molecule has 0 saturated heterocycles. The van der Waals surface area contributed by atoms with E-state index in [2.05, 4.69) is 16.4 Å². The zero-order valence-electron chi connectivity index (χ0n) is 14.2. The Labute approximate surface area is 145 Å². The molecule has 2 N–H and O–H groups in total. The number of hydrogen-bond acceptors (Lipinski definition) is 7. The highest BCUT2D eigenvalue weighted by atomic mass is 32.2. The maximum Gasteiger partial charge on any atom is 0.148 e. The van der Waals surface area contributed by atoms with Crippen molar-refractivity contribution in [2.24, 2.45) is 0 Å². The quantitative estimate of drug-likeness (QED) is 0.796. The molecule has 2 rings (SSSR count). The predicted octanol–water partition coefficient (Wildman–Crippen LogP) is 2.65. The lowest BCUT2D eigenvalue weighted by molar-refractivity contribution is 0.0997. The van der Waals surface area contributed by atoms with Gasteiger partial charge in [0.05, 0.1) is 31.1 Å². The number of benzene rings is 1. The van der Waals surface area contributed by atoms with Gasteiger partial charge in [0, 0.05) is 29.9 Å². The van der Waals surface area contributed by atoms with Crippen LogP contribution in [0.25, 0.3) is 10.9 Å². The van der Waals surface area contributed by atoms with Gasteiger partial charge in [-0.15, -0.1) is 0 Å². The first-order chi connectivity index (χ1) is 11.5. The summed E-state index contributed by atoms with van der Waals surface area (Å²) in [5, 5.41) is 23.7. The molecule has 0 aliphatic heterocycles. The Morgan fingerprint density at radius 3 is 2.71 bits per heavy atom. The number of fused-ring (bicyclic) bond motifs is 1. The first-order valence-corrected chi connectivity index (χ1v) is 8.75. The molecule has 0 radical (unpaired) electrons. The molecule has 1 heterocycles. The van der Waals surface area contributed by atoms with Crippen LogP contribution in [0.5, 0.6) is 11.5 Å². The van der Waals surface area contributed by atoms with E-state index in [-0.39, 0.29) is 0 Å². The van der Waals surface area contributed by atoms with Gasteiger partial charge < -0.3 is 19.9 Å². The molecule has 1 atom stereocenters. The fraction of sp³-hybridized carbons (Fsp3) is 0.412. The maximum atomic E-state index is 10.4. The summed E-state index contributed by atoms with van der Waals surface area (Å²) in [4.78, 5) is 4.33. The number of rotatable bonds is 7. The van der Waals surface area contributed by atoms with Crippen LogP contribution in [0.2, 0.25) is 0 Å². The third-order valence-corrected chi connectivity index (χ3v) is 4.50. The van der Waals surface area contributed by atoms with Gasteiger partial charge >= 0.3 is 0 Å². The maximum absolute atomic E-state index is 10.4. The van der Waals surface area contributed by atoms with E-state index >= 15 is 0 Å². The van der Waals surface area contributed by atoms with Crippen molar-refractivity contribution in [1.29, 1.82) is 5.26 Å². The van der Waals surface area contributed by atoms with Gasteiger partial charge in [-0.1, -0.05) is 0 Å². The molecule has 0 aliphatic carbocycles. The molecule has 6 nitrogen and oxygen atoms in total. The molecule has 0 aliphatic rings. The largest absolute Gasteiger partial charge is 0.497 e. The molecule has 0 spiro atoms. The molecule has 7 heteroatoms. The minimum atomic E-state index is -0.898. The van der Waals surface area contributed by atoms with E-state index in [0.29, 0.717) is 46.0 Å². The fourth-order valence-electron chi connectivity index (χ4n) is 2.43. The molecule has 1 aromatic heterocycles. The average molecular weight is 347 g/mol. The predicted molar refractivity (Wildman–Crippen MR) is 97.1 cm³/mol. The number of pyridine rings is 1. The van der Waals surface area contributed by atoms with Crippen LogP contribution in [0, 0.1) is 11.3 Å². The number of anilines is 1. The Kier molecular flexibility index (Phi) is 5.75. The lowest BCUT2D eigenvalue weighted by atomic mass is 10.1. The molecule has 0 fully saturated rings. The minimum absolute atomic E-state index is 0.307. The fourth-order valence-corrected chi connectivity index (χ4v) is 3.16. The number of thioether (sulfide) groups is 1. The van der Waals surface area contributed by atoms with Crippen molar-refractivity contribution in [2.75, 3.05) is 38.1 Å². The Morgan fingerprint density at radius 1 is 1.38 bits per heavy atom. The van der Waals surface area contributed by atoms with Crippen molar-refractivity contribution in [3.05, 3.63) is 23.9 Å². The van der Waals surface area contributed by atoms with E-state index in [1.807, 2.05) is 6.26 Å². The number of nitrogens with zero attached hydrogens (tertiary/aromatic N) is 2. The summed E-state index contributed by atoms with van der Waals surface area (Å²) in [6.45, 7) is 2.06. The molecule has 0 unspecified atom stereocenters. The second-order valence-corrected chi connectivity index (χ2v) is 6.53. The van der Waals surface area contributed by atoms with Crippen LogP contribution in [0.1, 0.15) is 12.5 Å². The molecule has 0 saturated carbocycles. The molecular weight excluding hydrogens is 326 g/mol. The third-order valence-electron chi connectivity index (χ3n) is 3.59. The number of nitrogens with one attached hydrogen (secondary N) is 1. The number of methoxy groups -OCH3 is 2. The first kappa shape index (κ1) is 18.2. The summed E-state index contributed by atoms with van der Waals surface area (Å²) < 4.78 is 10.7. The van der Waals surface area contributed by atoms with Crippen molar-refractivity contribution in [3.63, 3.8) is 0 Å². The molecule has 0 amide bonds. The Bertz CT molecular complexity index is 772. The Morgan fingerprint density at radius 2 is 2.12 bits per heavy atom. The summed E-state index contributed by atoms with van der Waals surface area (Å²) >= 11 is 1.56. The van der Waals surface area contributed by atoms with Crippen molar-refractivity contribution in [1.82, 2.24) is 4.98 Å². The Hall–Kier alpha value is -2.17. The average Bonchev–Trinajstić information content (AvgIpc) is 2.58. The van der Waals surface area contributed by atoms with E-state index in [4.69, 9.17) is 9.47 Å². The molecule has 2 aromatic rings. The van der Waals surface area contributed by atoms with Crippen LogP contribution in [0.4, 0.5) is 5.69 Å². The number of ether oxygens (including phenoxy) is 2. The Balaban J connectivity index is 2.55. The number of nitriles is 1. The van der Waals surface area contributed by atoms with E-state index in [1.54, 1.807) is 45.0 Å². The van der Waals surface area contributed by atoms with E-state index in [0.717, 1.165) is 0 Å². The van der Waals surface area contributed by atoms with Crippen LogP contribution >= 0.6 is 11.8 Å². The van der Waals surface area contributed by atoms with E-state index in [1.165, 1.54) is 6.20 Å². The SMILES string of the molecule is COc1cc(OC)c2ncc(C#N)c(NC[C@@](C)(O)CSC)c2c1. The summed E-state index contributed by atoms with van der Waals surface area (Å²) in [5.74, 6) is 1.75. The van der Waals surface area contributed by atoms with Gasteiger partial charge in [-0.05, 0) is 19.2 Å². The van der Waals surface area contributed by atoms with Gasteiger partial charge in [0.15, 0.2) is 0 Å². The standard InChI is InChI=1S/C17H21N3O3S/c1-17(21,10-24-4)9-20-15-11(7-18)8-19-16-13(15)5-12(22-2)6-14(16)23-3/h5-6,8,21H,9-10H2,1-4H3,(H,19,20)/t17-/m1/s1. The van der Waals surface area contributed by atoms with E-state index in [9.17, 15) is 10.4 Å². The molecule has 1 aromatic carbocycles. The number of hydrogen-bond donors (Lipinski definition) is 2. The normalized spacial score (nSPS) is 13.2. The summed E-state index contributed by atoms with van der Waals surface area (Å²) in [6, 6.07) is 5.69. The minimum Gasteiger partial charge on any atom is -0.497 e. The summed E-state index contributed by atoms with van der Waals surface area (Å²) in [6.07, 6.45) is 3.44. The van der Waals surface area contributed by atoms with Gasteiger partial charge in [0.1, 0.15) is 23.1 Å². The van der Waals surface area contributed by atoms with Gasteiger partial charge in [-0.3, -0.25) is 4.98 Å². The molecule has 128 valence electrons. The third kappa shape index (κ3) is 3.83. The molecular formula is C17H21N3O3S.